The van der Waals surface area contributed by atoms with E-state index in [9.17, 15) is 5.26 Å². The Morgan fingerprint density at radius 1 is 1.17 bits per heavy atom. The first-order valence-corrected chi connectivity index (χ1v) is 9.73. The number of hydrogen-bond acceptors (Lipinski definition) is 8. The van der Waals surface area contributed by atoms with Gasteiger partial charge in [0, 0.05) is 11.8 Å². The van der Waals surface area contributed by atoms with Crippen LogP contribution in [0.2, 0.25) is 0 Å². The molecule has 0 unspecified atom stereocenters. The maximum Gasteiger partial charge on any atom is 0.167 e. The molecule has 3 heterocycles. The predicted molar refractivity (Wildman–Crippen MR) is 114 cm³/mol. The van der Waals surface area contributed by atoms with E-state index >= 15 is 0 Å². The van der Waals surface area contributed by atoms with Crippen LogP contribution in [0.3, 0.4) is 0 Å². The van der Waals surface area contributed by atoms with Crippen molar-refractivity contribution in [1.82, 2.24) is 15.0 Å². The fourth-order valence-corrected chi connectivity index (χ4v) is 4.00. The largest absolute Gasteiger partial charge is 0.493 e. The van der Waals surface area contributed by atoms with Gasteiger partial charge in [-0.1, -0.05) is 18.2 Å². The Balaban J connectivity index is 1.76. The van der Waals surface area contributed by atoms with E-state index in [1.54, 1.807) is 12.4 Å². The molecule has 0 aliphatic rings. The normalized spacial score (nSPS) is 10.9. The highest BCUT2D eigenvalue weighted by molar-refractivity contribution is 7.23. The van der Waals surface area contributed by atoms with Gasteiger partial charge in [-0.2, -0.15) is 10.4 Å². The van der Waals surface area contributed by atoms with Crippen LogP contribution in [0.5, 0.6) is 5.75 Å². The molecule has 0 bridgehead atoms. The van der Waals surface area contributed by atoms with Crippen molar-refractivity contribution in [2.75, 3.05) is 12.0 Å². The van der Waals surface area contributed by atoms with E-state index in [4.69, 9.17) is 4.74 Å². The lowest BCUT2D eigenvalue weighted by Crippen LogP contribution is -1.95. The Labute approximate surface area is 171 Å². The molecule has 0 saturated heterocycles. The predicted octanol–water partition coefficient (Wildman–Crippen LogP) is 4.47. The molecule has 0 fully saturated rings. The zero-order valence-electron chi connectivity index (χ0n) is 15.5. The third-order valence-electron chi connectivity index (χ3n) is 4.07. The molecule has 0 spiro atoms. The van der Waals surface area contributed by atoms with Crippen molar-refractivity contribution in [3.63, 3.8) is 0 Å². The first-order valence-electron chi connectivity index (χ1n) is 8.91. The van der Waals surface area contributed by atoms with Crippen molar-refractivity contribution in [3.05, 3.63) is 66.2 Å². The third kappa shape index (κ3) is 3.77. The third-order valence-corrected chi connectivity index (χ3v) is 5.29. The summed E-state index contributed by atoms with van der Waals surface area (Å²) in [4.78, 5) is 13.6. The molecular weight excluding hydrogens is 384 g/mol. The van der Waals surface area contributed by atoms with Crippen molar-refractivity contribution in [2.45, 2.75) is 6.92 Å². The molecule has 3 aromatic heterocycles. The Kier molecular flexibility index (Phi) is 5.40. The Morgan fingerprint density at radius 3 is 2.83 bits per heavy atom. The van der Waals surface area contributed by atoms with Gasteiger partial charge >= 0.3 is 0 Å². The van der Waals surface area contributed by atoms with Gasteiger partial charge in [-0.05, 0) is 31.2 Å². The second-order valence-corrected chi connectivity index (χ2v) is 6.89. The number of nitrogens with zero attached hydrogens (tertiary/aromatic N) is 5. The van der Waals surface area contributed by atoms with Gasteiger partial charge in [0.2, 0.25) is 0 Å². The lowest BCUT2D eigenvalue weighted by Gasteiger charge is -2.08. The molecule has 29 heavy (non-hydrogen) atoms. The minimum absolute atomic E-state index is 0.497. The number of fused-ring (bicyclic) bond motifs is 1. The smallest absolute Gasteiger partial charge is 0.167 e. The van der Waals surface area contributed by atoms with Gasteiger partial charge in [-0.3, -0.25) is 10.4 Å². The molecule has 0 aliphatic heterocycles. The summed E-state index contributed by atoms with van der Waals surface area (Å²) in [5.41, 5.74) is 5.60. The number of ether oxygens (including phenoxy) is 1. The van der Waals surface area contributed by atoms with Crippen LogP contribution < -0.4 is 10.2 Å². The summed E-state index contributed by atoms with van der Waals surface area (Å²) < 4.78 is 6.50. The highest BCUT2D eigenvalue weighted by Gasteiger charge is 2.20. The Bertz CT molecular complexity index is 1210. The van der Waals surface area contributed by atoms with E-state index in [0.29, 0.717) is 23.5 Å². The summed E-state index contributed by atoms with van der Waals surface area (Å²) in [6.07, 6.45) is 4.73. The summed E-state index contributed by atoms with van der Waals surface area (Å²) in [5, 5.41) is 14.0. The lowest BCUT2D eigenvalue weighted by molar-refractivity contribution is 0.341. The SMILES string of the molecule is CCOc1ccccc1-c1sc2c(N/N=C/c3ccccn3)ncnc2c1C#N. The molecule has 1 N–H and O–H groups in total. The quantitative estimate of drug-likeness (QED) is 0.379. The van der Waals surface area contributed by atoms with Crippen LogP contribution in [0.25, 0.3) is 20.7 Å². The molecule has 142 valence electrons. The van der Waals surface area contributed by atoms with Gasteiger partial charge in [0.1, 0.15) is 23.7 Å². The standard InChI is InChI=1S/C21H16N6OS/c1-2-28-17-9-4-3-8-15(17)19-16(11-22)18-20(29-19)21(25-13-24-18)27-26-12-14-7-5-6-10-23-14/h3-10,12-13H,2H2,1H3,(H,24,25,27)/b26-12+. The van der Waals surface area contributed by atoms with Crippen molar-refractivity contribution in [3.8, 4) is 22.3 Å². The zero-order valence-corrected chi connectivity index (χ0v) is 16.3. The van der Waals surface area contributed by atoms with Crippen LogP contribution in [0.15, 0.2) is 60.1 Å². The van der Waals surface area contributed by atoms with Crippen molar-refractivity contribution in [1.29, 1.82) is 5.26 Å². The van der Waals surface area contributed by atoms with Gasteiger partial charge < -0.3 is 4.74 Å². The van der Waals surface area contributed by atoms with Gasteiger partial charge in [0.05, 0.1) is 33.7 Å². The number of benzene rings is 1. The van der Waals surface area contributed by atoms with E-state index in [1.807, 2.05) is 49.4 Å². The van der Waals surface area contributed by atoms with E-state index in [2.05, 4.69) is 31.5 Å². The topological polar surface area (TPSA) is 96.1 Å². The fraction of sp³-hybridized carbons (Fsp3) is 0.0952. The molecular formula is C21H16N6OS. The minimum atomic E-state index is 0.497. The second-order valence-electron chi connectivity index (χ2n) is 5.87. The summed E-state index contributed by atoms with van der Waals surface area (Å²) >= 11 is 1.43. The number of aromatic nitrogens is 3. The number of thiophene rings is 1. The molecule has 4 rings (SSSR count). The maximum absolute atomic E-state index is 9.80. The Hall–Kier alpha value is -3.83. The van der Waals surface area contributed by atoms with E-state index in [-0.39, 0.29) is 0 Å². The molecule has 8 heteroatoms. The first-order chi connectivity index (χ1) is 14.3. The van der Waals surface area contributed by atoms with Gasteiger partial charge in [-0.15, -0.1) is 11.3 Å². The highest BCUT2D eigenvalue weighted by atomic mass is 32.1. The molecule has 0 aliphatic carbocycles. The molecule has 1 aromatic carbocycles. The summed E-state index contributed by atoms with van der Waals surface area (Å²) in [7, 11) is 0. The summed E-state index contributed by atoms with van der Waals surface area (Å²) in [6, 6.07) is 15.5. The lowest BCUT2D eigenvalue weighted by atomic mass is 10.1. The van der Waals surface area contributed by atoms with Crippen LogP contribution in [0.4, 0.5) is 5.82 Å². The van der Waals surface area contributed by atoms with Crippen LogP contribution in [0, 0.1) is 11.3 Å². The van der Waals surface area contributed by atoms with E-state index < -0.39 is 0 Å². The van der Waals surface area contributed by atoms with Gasteiger partial charge in [0.25, 0.3) is 0 Å². The number of rotatable bonds is 6. The average Bonchev–Trinajstić information content (AvgIpc) is 3.14. The van der Waals surface area contributed by atoms with Crippen molar-refractivity contribution >= 4 is 33.6 Å². The second kappa shape index (κ2) is 8.46. The number of nitriles is 1. The number of nitrogens with one attached hydrogen (secondary N) is 1. The minimum Gasteiger partial charge on any atom is -0.493 e. The van der Waals surface area contributed by atoms with Gasteiger partial charge in [0.15, 0.2) is 5.82 Å². The van der Waals surface area contributed by atoms with Crippen LogP contribution in [-0.2, 0) is 0 Å². The molecule has 0 amide bonds. The van der Waals surface area contributed by atoms with Crippen LogP contribution >= 0.6 is 11.3 Å². The molecule has 0 atom stereocenters. The summed E-state index contributed by atoms with van der Waals surface area (Å²) in [5.74, 6) is 1.26. The number of pyridine rings is 1. The first kappa shape index (κ1) is 18.5. The van der Waals surface area contributed by atoms with Crippen molar-refractivity contribution in [2.24, 2.45) is 5.10 Å². The molecule has 7 nitrogen and oxygen atoms in total. The average molecular weight is 400 g/mol. The molecule has 0 saturated carbocycles. The Morgan fingerprint density at radius 2 is 2.03 bits per heavy atom. The van der Waals surface area contributed by atoms with E-state index in [1.165, 1.54) is 17.7 Å². The fourth-order valence-electron chi connectivity index (χ4n) is 2.83. The number of hydrogen-bond donors (Lipinski definition) is 1. The number of para-hydroxylation sites is 1. The van der Waals surface area contributed by atoms with Crippen molar-refractivity contribution < 1.29 is 4.74 Å². The summed E-state index contributed by atoms with van der Waals surface area (Å²) in [6.45, 7) is 2.47. The molecule has 4 aromatic rings. The van der Waals surface area contributed by atoms with Crippen LogP contribution in [-0.4, -0.2) is 27.8 Å². The van der Waals surface area contributed by atoms with E-state index in [0.717, 1.165) is 26.6 Å². The number of hydrazone groups is 1. The maximum atomic E-state index is 9.80. The monoisotopic (exact) mass is 400 g/mol. The van der Waals surface area contributed by atoms with Gasteiger partial charge in [-0.25, -0.2) is 9.97 Å². The van der Waals surface area contributed by atoms with Crippen LogP contribution in [0.1, 0.15) is 18.2 Å². The highest BCUT2D eigenvalue weighted by Crippen LogP contribution is 2.43. The molecule has 0 radical (unpaired) electrons. The zero-order chi connectivity index (χ0) is 20.1. The number of anilines is 1.